The van der Waals surface area contributed by atoms with Gasteiger partial charge in [-0.3, -0.25) is 9.69 Å². The molecule has 0 fully saturated rings. The molecule has 0 aliphatic rings. The molecule has 2 aromatic rings. The van der Waals surface area contributed by atoms with Crippen molar-refractivity contribution in [2.75, 3.05) is 10.2 Å². The number of anilines is 2. The van der Waals surface area contributed by atoms with E-state index in [1.807, 2.05) is 0 Å². The number of rotatable bonds is 5. The number of carbonyl (C=O) groups excluding carboxylic acids is 2. The van der Waals surface area contributed by atoms with E-state index in [-0.39, 0.29) is 6.54 Å². The topological polar surface area (TPSA) is 58.6 Å². The van der Waals surface area contributed by atoms with Crippen LogP contribution >= 0.6 is 15.9 Å². The fourth-order valence-electron chi connectivity index (χ4n) is 2.54. The molecule has 0 atom stereocenters. The molecule has 31 heavy (non-hydrogen) atoms. The number of alkyl halides is 3. The summed E-state index contributed by atoms with van der Waals surface area (Å²) in [6.45, 7) is 8.50. The zero-order chi connectivity index (χ0) is 23.4. The van der Waals surface area contributed by atoms with Gasteiger partial charge in [0.25, 0.3) is 0 Å². The molecule has 2 aromatic carbocycles. The molecule has 0 heterocycles. The molecule has 9 heteroatoms. The second kappa shape index (κ2) is 9.55. The predicted molar refractivity (Wildman–Crippen MR) is 117 cm³/mol. The number of carbonyl (C=O) groups is 2. The Morgan fingerprint density at radius 1 is 1.13 bits per heavy atom. The quantitative estimate of drug-likeness (QED) is 0.476. The van der Waals surface area contributed by atoms with Gasteiger partial charge in [-0.05, 0) is 78.7 Å². The Hall–Kier alpha value is -2.81. The molecule has 0 radical (unpaired) electrons. The summed E-state index contributed by atoms with van der Waals surface area (Å²) in [5, 5.41) is 2.61. The maximum atomic E-state index is 12.9. The van der Waals surface area contributed by atoms with Crippen LogP contribution in [0.5, 0.6) is 0 Å². The van der Waals surface area contributed by atoms with Gasteiger partial charge in [0, 0.05) is 10.2 Å². The van der Waals surface area contributed by atoms with Gasteiger partial charge in [0.15, 0.2) is 0 Å². The maximum absolute atomic E-state index is 12.9. The molecule has 2 rings (SSSR count). The van der Waals surface area contributed by atoms with E-state index >= 15 is 0 Å². The lowest BCUT2D eigenvalue weighted by Crippen LogP contribution is -2.36. The van der Waals surface area contributed by atoms with Gasteiger partial charge < -0.3 is 10.1 Å². The summed E-state index contributed by atoms with van der Waals surface area (Å²) in [6, 6.07) is 9.33. The van der Waals surface area contributed by atoms with Gasteiger partial charge in [-0.25, -0.2) is 4.79 Å². The van der Waals surface area contributed by atoms with Crippen LogP contribution in [0.2, 0.25) is 0 Å². The minimum atomic E-state index is -4.45. The van der Waals surface area contributed by atoms with Crippen LogP contribution in [-0.4, -0.2) is 17.6 Å². The Morgan fingerprint density at radius 2 is 1.74 bits per heavy atom. The Balaban J connectivity index is 2.38. The second-order valence-electron chi connectivity index (χ2n) is 7.62. The van der Waals surface area contributed by atoms with E-state index in [4.69, 9.17) is 4.74 Å². The largest absolute Gasteiger partial charge is 0.443 e. The van der Waals surface area contributed by atoms with Crippen LogP contribution < -0.4 is 10.2 Å². The number of hydrogen-bond acceptors (Lipinski definition) is 3. The van der Waals surface area contributed by atoms with Gasteiger partial charge >= 0.3 is 12.3 Å². The molecular weight excluding hydrogens is 477 g/mol. The van der Waals surface area contributed by atoms with Crippen LogP contribution in [0.4, 0.5) is 29.3 Å². The minimum absolute atomic E-state index is 0.0238. The summed E-state index contributed by atoms with van der Waals surface area (Å²) in [7, 11) is 0. The highest BCUT2D eigenvalue weighted by molar-refractivity contribution is 9.10. The Kier molecular flexibility index (Phi) is 7.54. The first kappa shape index (κ1) is 24.5. The highest BCUT2D eigenvalue weighted by Crippen LogP contribution is 2.33. The van der Waals surface area contributed by atoms with E-state index < -0.39 is 29.3 Å². The molecule has 0 spiro atoms. The smallest absolute Gasteiger partial charge is 0.416 e. The van der Waals surface area contributed by atoms with Crippen LogP contribution in [0, 0.1) is 0 Å². The van der Waals surface area contributed by atoms with E-state index in [2.05, 4.69) is 27.8 Å². The number of nitrogens with zero attached hydrogens (tertiary/aromatic N) is 1. The van der Waals surface area contributed by atoms with Crippen molar-refractivity contribution in [3.05, 3.63) is 70.7 Å². The Morgan fingerprint density at radius 3 is 2.23 bits per heavy atom. The third kappa shape index (κ3) is 7.13. The van der Waals surface area contributed by atoms with E-state index in [9.17, 15) is 22.8 Å². The second-order valence-corrected chi connectivity index (χ2v) is 8.48. The minimum Gasteiger partial charge on any atom is -0.443 e. The molecule has 0 aliphatic heterocycles. The van der Waals surface area contributed by atoms with Crippen LogP contribution in [-0.2, 0) is 22.3 Å². The molecule has 5 nitrogen and oxygen atoms in total. The summed E-state index contributed by atoms with van der Waals surface area (Å²) in [5.41, 5.74) is -0.178. The highest BCUT2D eigenvalue weighted by Gasteiger charge is 2.30. The first-order chi connectivity index (χ1) is 14.3. The van der Waals surface area contributed by atoms with E-state index in [0.29, 0.717) is 21.4 Å². The van der Waals surface area contributed by atoms with Crippen molar-refractivity contribution in [2.24, 2.45) is 0 Å². The molecule has 0 bridgehead atoms. The van der Waals surface area contributed by atoms with Crippen molar-refractivity contribution in [2.45, 2.75) is 39.1 Å². The SMILES string of the molecule is C=CC(=O)Nc1ccc(N(Cc2ccc(C(F)(F)F)cc2)C(=O)OC(C)(C)C)c(Br)c1. The van der Waals surface area contributed by atoms with Gasteiger partial charge in [0.2, 0.25) is 5.91 Å². The number of benzene rings is 2. The van der Waals surface area contributed by atoms with Gasteiger partial charge in [-0.15, -0.1) is 0 Å². The maximum Gasteiger partial charge on any atom is 0.416 e. The van der Waals surface area contributed by atoms with E-state index in [1.165, 1.54) is 17.0 Å². The lowest BCUT2D eigenvalue weighted by molar-refractivity contribution is -0.137. The van der Waals surface area contributed by atoms with Crippen molar-refractivity contribution in [3.8, 4) is 0 Å². The lowest BCUT2D eigenvalue weighted by atomic mass is 10.1. The fourth-order valence-corrected chi connectivity index (χ4v) is 3.14. The Bertz CT molecular complexity index is 967. The van der Waals surface area contributed by atoms with Crippen molar-refractivity contribution in [1.82, 2.24) is 0 Å². The normalized spacial score (nSPS) is 11.6. The summed E-state index contributed by atoms with van der Waals surface area (Å²) in [4.78, 5) is 25.7. The van der Waals surface area contributed by atoms with Crippen LogP contribution in [0.1, 0.15) is 31.9 Å². The number of hydrogen-bond donors (Lipinski definition) is 1. The summed E-state index contributed by atoms with van der Waals surface area (Å²) < 4.78 is 44.5. The molecule has 0 saturated carbocycles. The monoisotopic (exact) mass is 498 g/mol. The van der Waals surface area contributed by atoms with Crippen LogP contribution in [0.3, 0.4) is 0 Å². The van der Waals surface area contributed by atoms with Crippen molar-refractivity contribution >= 4 is 39.3 Å². The standard InChI is InChI=1S/C22H22BrF3N2O3/c1-5-19(29)27-16-10-11-18(17(23)12-16)28(20(30)31-21(2,3)4)13-14-6-8-15(9-7-14)22(24,25)26/h5-12H,1,13H2,2-4H3,(H,27,29). The number of nitrogens with one attached hydrogen (secondary N) is 1. The molecule has 0 aliphatic carbocycles. The van der Waals surface area contributed by atoms with E-state index in [0.717, 1.165) is 18.2 Å². The predicted octanol–water partition coefficient (Wildman–Crippen LogP) is 6.53. The first-order valence-corrected chi connectivity index (χ1v) is 9.99. The average molecular weight is 499 g/mol. The lowest BCUT2D eigenvalue weighted by Gasteiger charge is -2.28. The Labute approximate surface area is 187 Å². The highest BCUT2D eigenvalue weighted by atomic mass is 79.9. The molecule has 0 aromatic heterocycles. The molecular formula is C22H22BrF3N2O3. The fraction of sp³-hybridized carbons (Fsp3) is 0.273. The van der Waals surface area contributed by atoms with Gasteiger partial charge in [-0.2, -0.15) is 13.2 Å². The molecule has 1 N–H and O–H groups in total. The number of halogens is 4. The van der Waals surface area contributed by atoms with Crippen molar-refractivity contribution < 1.29 is 27.5 Å². The van der Waals surface area contributed by atoms with Crippen LogP contribution in [0.15, 0.2) is 59.6 Å². The molecule has 2 amide bonds. The first-order valence-electron chi connectivity index (χ1n) is 9.20. The van der Waals surface area contributed by atoms with Gasteiger partial charge in [0.1, 0.15) is 5.60 Å². The van der Waals surface area contributed by atoms with E-state index in [1.54, 1.807) is 39.0 Å². The van der Waals surface area contributed by atoms with Gasteiger partial charge in [-0.1, -0.05) is 18.7 Å². The third-order valence-corrected chi connectivity index (χ3v) is 4.56. The zero-order valence-electron chi connectivity index (χ0n) is 17.2. The molecule has 0 unspecified atom stereocenters. The van der Waals surface area contributed by atoms with Crippen LogP contribution in [0.25, 0.3) is 0 Å². The summed E-state index contributed by atoms with van der Waals surface area (Å²) in [6.07, 6.45) is -3.99. The summed E-state index contributed by atoms with van der Waals surface area (Å²) >= 11 is 3.38. The number of amides is 2. The van der Waals surface area contributed by atoms with Crippen molar-refractivity contribution in [1.29, 1.82) is 0 Å². The summed E-state index contributed by atoms with van der Waals surface area (Å²) in [5.74, 6) is -0.395. The number of ether oxygens (including phenoxy) is 1. The van der Waals surface area contributed by atoms with Crippen molar-refractivity contribution in [3.63, 3.8) is 0 Å². The van der Waals surface area contributed by atoms with Gasteiger partial charge in [0.05, 0.1) is 17.8 Å². The third-order valence-electron chi connectivity index (χ3n) is 3.93. The average Bonchev–Trinajstić information content (AvgIpc) is 2.65. The molecule has 0 saturated heterocycles. The zero-order valence-corrected chi connectivity index (χ0v) is 18.8. The molecule has 166 valence electrons.